The van der Waals surface area contributed by atoms with E-state index in [-0.39, 0.29) is 0 Å². The number of hydrogen-bond acceptors (Lipinski definition) is 62. The van der Waals surface area contributed by atoms with Crippen LogP contribution in [0.3, 0.4) is 0 Å². The molecule has 0 saturated carbocycles. The zero-order chi connectivity index (χ0) is 101. The van der Waals surface area contributed by atoms with E-state index in [1.807, 2.05) is 0 Å². The molecule has 11 saturated heterocycles. The van der Waals surface area contributed by atoms with Crippen LogP contribution in [0.25, 0.3) is 0 Å². The van der Waals surface area contributed by atoms with Crippen molar-refractivity contribution in [2.45, 2.75) is 374 Å². The molecule has 11 heterocycles. The highest BCUT2D eigenvalue weighted by Crippen LogP contribution is 2.44. The number of carboxylic acids is 2. The molecule has 0 spiro atoms. The van der Waals surface area contributed by atoms with Crippen LogP contribution in [0.5, 0.6) is 0 Å². The summed E-state index contributed by atoms with van der Waals surface area (Å²) >= 11 is 0. The van der Waals surface area contributed by atoms with E-state index in [0.717, 1.165) is 0 Å². The van der Waals surface area contributed by atoms with Crippen molar-refractivity contribution in [1.82, 2.24) is 0 Å². The van der Waals surface area contributed by atoms with Gasteiger partial charge in [0.2, 0.25) is 0 Å². The van der Waals surface area contributed by atoms with Gasteiger partial charge in [-0.3, -0.25) is 0 Å². The van der Waals surface area contributed by atoms with Crippen LogP contribution < -0.4 is 5.73 Å². The van der Waals surface area contributed by atoms with Crippen molar-refractivity contribution in [1.29, 1.82) is 0 Å². The van der Waals surface area contributed by atoms with E-state index in [4.69, 9.17) is 105 Å². The highest BCUT2D eigenvalue weighted by molar-refractivity contribution is 5.75. The van der Waals surface area contributed by atoms with Gasteiger partial charge in [-0.05, 0) is 0 Å². The van der Waals surface area contributed by atoms with E-state index in [1.165, 1.54) is 0 Å². The first kappa shape index (κ1) is 114. The van der Waals surface area contributed by atoms with E-state index in [1.54, 1.807) is 0 Å². The number of hydrogen-bond donors (Lipinski definition) is 41. The van der Waals surface area contributed by atoms with Gasteiger partial charge in [0.25, 0.3) is 5.79 Å². The molecule has 0 bridgehead atoms. The van der Waals surface area contributed by atoms with E-state index < -0.39 is 452 Å². The fourth-order valence-electron chi connectivity index (χ4n) is 17.3. The van der Waals surface area contributed by atoms with Crippen molar-refractivity contribution < 1.29 is 313 Å². The molecule has 0 amide bonds. The summed E-state index contributed by atoms with van der Waals surface area (Å²) in [5.74, 6) is -8.00. The van der Waals surface area contributed by atoms with Crippen LogP contribution in [-0.4, -0.2) is 650 Å². The maximum Gasteiger partial charge on any atom is 0.364 e. The lowest BCUT2D eigenvalue weighted by Gasteiger charge is -2.52. The molecule has 0 radical (unpaired) electrons. The number of aliphatic hydroxyl groups excluding tert-OH is 37. The largest absolute Gasteiger partial charge is 0.479 e. The number of carboxylic acid groups (broad SMARTS) is 2. The molecule has 11 aliphatic heterocycles. The first-order chi connectivity index (χ1) is 64.5. The van der Waals surface area contributed by atoms with E-state index >= 15 is 0 Å². The van der Waals surface area contributed by atoms with Crippen LogP contribution >= 0.6 is 0 Å². The molecule has 64 nitrogen and oxygen atoms in total. The van der Waals surface area contributed by atoms with Gasteiger partial charge >= 0.3 is 11.9 Å². The molecule has 0 aromatic carbocycles. The molecule has 42 N–H and O–H groups in total. The zero-order valence-corrected chi connectivity index (χ0v) is 71.2. The molecular weight excluding hydrogens is 1900 g/mol. The fourth-order valence-corrected chi connectivity index (χ4v) is 17.3. The third kappa shape index (κ3) is 24.0. The Bertz CT molecular complexity index is 3680. The van der Waals surface area contributed by atoms with Gasteiger partial charge in [0.1, 0.15) is 281 Å². The number of ether oxygens (including phenoxy) is 21. The minimum absolute atomic E-state index is 0.936. The predicted molar refractivity (Wildman–Crippen MR) is 406 cm³/mol. The van der Waals surface area contributed by atoms with Crippen molar-refractivity contribution in [2.24, 2.45) is 5.73 Å². The monoisotopic (exact) mass is 2020 g/mol. The SMILES string of the molecule is N[C@H]1[C@@H](O[C@@H]2[C@H](O)[C@@H](O[C@H]3O[C@H]([C@H](O)CO)[C@@H](O)[C@H](O)[C@@H]3O[C@H]3O[C@H]([C@@H](O)CO)[C@@H](O)[C@H](O)[C@@H]3O)[C@@H](O[C@@H]3[C@H](O)[C@@H](O[C@@H]4[C@H](O)[C@@H](O[C@H]5[C@@H]([C@H](O)CO)OC(O)(C(=O)O)C[C@H]5O)O[C@H]([C@@H](O)CO)[C@H]4O[C@@H]4O[C@H](CO)[C@@H](O)[C@H](O)[C@H]4O)O[C@H]([C@@H](O)CO[C@H]4O[C@H]([C@@H](O)CO)[C@@H](O)[C@H](O)[C@@H]4O)[C@H]3O)O[C@@H]2C(=O)O)O[C@H](CO)[C@@H](O[C@H]2O[C@H](CO[C@@H]3O[C@H](CO)[C@@H](O)[C@H](O)[C@H]3O)[C@@H](O)[C@H](O)[C@H]2O)[C@@H]1O. The Labute approximate surface area is 769 Å². The Morgan fingerprint density at radius 3 is 1.12 bits per heavy atom. The van der Waals surface area contributed by atoms with Crippen LogP contribution in [0.2, 0.25) is 0 Å². The van der Waals surface area contributed by atoms with E-state index in [9.17, 15) is 214 Å². The Hall–Kier alpha value is -3.46. The third-order valence-corrected chi connectivity index (χ3v) is 25.2. The van der Waals surface area contributed by atoms with Crippen molar-refractivity contribution in [3.8, 4) is 0 Å². The highest BCUT2D eigenvalue weighted by Gasteiger charge is 2.65. The highest BCUT2D eigenvalue weighted by atomic mass is 16.8. The summed E-state index contributed by atoms with van der Waals surface area (Å²) in [7, 11) is 0. The van der Waals surface area contributed by atoms with Gasteiger partial charge in [-0.1, -0.05) is 0 Å². The lowest BCUT2D eigenvalue weighted by molar-refractivity contribution is -0.419. The lowest BCUT2D eigenvalue weighted by atomic mass is 9.91. The summed E-state index contributed by atoms with van der Waals surface area (Å²) < 4.78 is 122. The minimum atomic E-state index is -3.43. The second-order valence-corrected chi connectivity index (χ2v) is 34.4. The van der Waals surface area contributed by atoms with Crippen LogP contribution in [0.15, 0.2) is 0 Å². The quantitative estimate of drug-likeness (QED) is 0.0273. The Morgan fingerprint density at radius 2 is 0.620 bits per heavy atom. The first-order valence-electron chi connectivity index (χ1n) is 42.8. The Balaban J connectivity index is 1.00. The normalized spacial score (nSPS) is 50.6. The molecule has 0 aromatic rings. The number of rotatable bonds is 38. The van der Waals surface area contributed by atoms with Crippen molar-refractivity contribution in [2.75, 3.05) is 66.1 Å². The molecule has 11 aliphatic rings. The Morgan fingerprint density at radius 1 is 0.285 bits per heavy atom. The van der Waals surface area contributed by atoms with Gasteiger partial charge in [0.15, 0.2) is 69.0 Å². The average molecular weight is 2020 g/mol. The van der Waals surface area contributed by atoms with Crippen LogP contribution in [0.1, 0.15) is 6.42 Å². The molecule has 0 aromatic heterocycles. The van der Waals surface area contributed by atoms with Crippen LogP contribution in [-0.2, 0) is 109 Å². The summed E-state index contributed by atoms with van der Waals surface area (Å²) in [5, 5.41) is 445. The minimum Gasteiger partial charge on any atom is -0.479 e. The fraction of sp³-hybridized carbons (Fsp3) is 0.973. The summed E-state index contributed by atoms with van der Waals surface area (Å²) in [4.78, 5) is 26.4. The van der Waals surface area contributed by atoms with Crippen molar-refractivity contribution in [3.63, 3.8) is 0 Å². The second kappa shape index (κ2) is 48.5. The molecular formula is C73H123NO63. The van der Waals surface area contributed by atoms with Gasteiger partial charge in [0.05, 0.1) is 78.2 Å². The molecule has 64 heteroatoms. The summed E-state index contributed by atoms with van der Waals surface area (Å²) in [6.07, 6.45) is -145. The van der Waals surface area contributed by atoms with Crippen molar-refractivity contribution >= 4 is 11.9 Å². The Kier molecular flexibility index (Phi) is 40.3. The molecule has 11 fully saturated rings. The topological polar surface area (TPSA) is 1060 Å². The third-order valence-electron chi connectivity index (χ3n) is 25.2. The molecule has 798 valence electrons. The molecule has 137 heavy (non-hydrogen) atoms. The van der Waals surface area contributed by atoms with Gasteiger partial charge in [0, 0.05) is 6.42 Å². The summed E-state index contributed by atoms with van der Waals surface area (Å²) in [6, 6.07) is -2.28. The molecule has 0 aliphatic carbocycles. The standard InChI is InChI=1S/C73H123NO63/c74-23-27(93)53(129-66-40(106)30(96)26(92)22(122-66)11-118-63-37(103)28(94)24(90)19(7-80)119-63)21(9-82)121-62(23)131-55-43(109)58(134-70-57(36(102)35(101)48(126-70)15(86)4-77)133-67-41(107)32(98)34(100)47(124-67)14(85)3-76)71(136-60(55)61(112)113)130-54-42(108)49(18(89)10-117-64-38(104)31(97)33(99)46(123-64)13(84)2-75)125-68(44(54)110)132-56-45(111)69(127-50-12(83)1-73(116,72(114)115)137-52(50)17(88)6-79)128-51(16(87)5-78)59(56)135-65-39(105)29(95)25(91)20(8-81)120-65/h12-60,62-71,75-111,116H,1-11,74H2,(H,112,113)(H,114,115)/t12-,13+,14+,15-,16+,17-,18+,19-,20-,21-,22-,23-,24-,25-,26-,27-,28+,29+,30+,31+,32+,33+,34+,35+,36+,37-,38+,39-,40-,41+,42-,43+,44+,45+,46-,47-,48-,49-,50-,51-,52-,53-,54+,55-,56-,57+,58-,59-,60+,62-,63-,64+,65+,66-,67-,68-,69+,70-,71+,73?/m1/s1. The first-order valence-corrected chi connectivity index (χ1v) is 42.8. The van der Waals surface area contributed by atoms with Crippen molar-refractivity contribution in [3.05, 3.63) is 0 Å². The van der Waals surface area contributed by atoms with Crippen LogP contribution in [0, 0.1) is 0 Å². The van der Waals surface area contributed by atoms with Gasteiger partial charge < -0.3 is 309 Å². The smallest absolute Gasteiger partial charge is 0.364 e. The maximum absolute atomic E-state index is 14.1. The van der Waals surface area contributed by atoms with E-state index in [0.29, 0.717) is 0 Å². The van der Waals surface area contributed by atoms with E-state index in [2.05, 4.69) is 0 Å². The average Bonchev–Trinajstić information content (AvgIpc) is 0.776. The molecule has 1 unspecified atom stereocenters. The van der Waals surface area contributed by atoms with Crippen LogP contribution in [0.4, 0.5) is 0 Å². The number of nitrogens with two attached hydrogens (primary N) is 1. The summed E-state index contributed by atoms with van der Waals surface area (Å²) in [6.45, 7) is -12.9. The molecule has 11 rings (SSSR count). The second-order valence-electron chi connectivity index (χ2n) is 34.4. The number of aliphatic carboxylic acids is 2. The summed E-state index contributed by atoms with van der Waals surface area (Å²) in [5.41, 5.74) is 6.53. The maximum atomic E-state index is 14.1. The van der Waals surface area contributed by atoms with Gasteiger partial charge in [-0.25, -0.2) is 9.59 Å². The lowest BCUT2D eigenvalue weighted by Crippen LogP contribution is -2.71. The van der Waals surface area contributed by atoms with Gasteiger partial charge in [-0.15, -0.1) is 0 Å². The predicted octanol–water partition coefficient (Wildman–Crippen LogP) is -28.3. The van der Waals surface area contributed by atoms with Gasteiger partial charge in [-0.2, -0.15) is 0 Å². The number of carbonyl (C=O) groups is 2. The molecule has 60 atom stereocenters. The number of aliphatic hydroxyl groups is 38. The zero-order valence-electron chi connectivity index (χ0n) is 71.2.